The van der Waals surface area contributed by atoms with Crippen LogP contribution in [0.25, 0.3) is 0 Å². The third kappa shape index (κ3) is 2.19. The van der Waals surface area contributed by atoms with Crippen molar-refractivity contribution in [1.29, 1.82) is 0 Å². The van der Waals surface area contributed by atoms with E-state index in [-0.39, 0.29) is 5.41 Å². The molecule has 0 bridgehead atoms. The molecule has 5 aliphatic rings. The normalized spacial score (nSPS) is 57.4. The molecule has 3 nitrogen and oxygen atoms in total. The summed E-state index contributed by atoms with van der Waals surface area (Å²) in [6, 6.07) is 1.08. The Kier molecular flexibility index (Phi) is 4.55. The number of rotatable bonds is 4. The summed E-state index contributed by atoms with van der Waals surface area (Å²) in [6.07, 6.45) is 14.9. The van der Waals surface area contributed by atoms with Gasteiger partial charge in [-0.05, 0) is 112 Å². The van der Waals surface area contributed by atoms with Crippen LogP contribution < -0.4 is 5.32 Å². The van der Waals surface area contributed by atoms with Crippen LogP contribution in [0.4, 0.5) is 0 Å². The Labute approximate surface area is 185 Å². The predicted octanol–water partition coefficient (Wildman–Crippen LogP) is 4.71. The van der Waals surface area contributed by atoms with E-state index in [1.54, 1.807) is 0 Å². The van der Waals surface area contributed by atoms with Crippen molar-refractivity contribution in [2.75, 3.05) is 27.7 Å². The third-order valence-corrected chi connectivity index (χ3v) is 12.5. The molecule has 0 aromatic rings. The molecule has 5 aliphatic carbocycles. The Morgan fingerprint density at radius 1 is 0.967 bits per heavy atom. The van der Waals surface area contributed by atoms with E-state index in [9.17, 15) is 5.11 Å². The fourth-order valence-corrected chi connectivity index (χ4v) is 10.3. The summed E-state index contributed by atoms with van der Waals surface area (Å²) in [6.45, 7) is 10.4. The minimum absolute atomic E-state index is 0.0305. The van der Waals surface area contributed by atoms with Crippen molar-refractivity contribution in [1.82, 2.24) is 10.2 Å². The fourth-order valence-electron chi connectivity index (χ4n) is 10.3. The number of nitrogens with zero attached hydrogens (tertiary/aromatic N) is 1. The van der Waals surface area contributed by atoms with Gasteiger partial charge in [-0.25, -0.2) is 0 Å². The van der Waals surface area contributed by atoms with Crippen LogP contribution in [0.15, 0.2) is 12.2 Å². The molecule has 0 aliphatic heterocycles. The molecule has 0 aromatic carbocycles. The van der Waals surface area contributed by atoms with Crippen molar-refractivity contribution in [2.24, 2.45) is 44.8 Å². The quantitative estimate of drug-likeness (QED) is 0.654. The summed E-state index contributed by atoms with van der Waals surface area (Å²) in [7, 11) is 6.63. The smallest absolute Gasteiger partial charge is 0.0505 e. The monoisotopic (exact) mass is 414 g/mol. The largest absolute Gasteiger partial charge is 0.396 e. The molecule has 0 radical (unpaired) electrons. The van der Waals surface area contributed by atoms with Gasteiger partial charge in [-0.1, -0.05) is 32.9 Å². The average Bonchev–Trinajstić information content (AvgIpc) is 3.30. The molecular formula is C27H46N2O. The van der Waals surface area contributed by atoms with Gasteiger partial charge < -0.3 is 15.3 Å². The Morgan fingerprint density at radius 3 is 2.27 bits per heavy atom. The van der Waals surface area contributed by atoms with Crippen LogP contribution in [0.5, 0.6) is 0 Å². The first-order valence-electron chi connectivity index (χ1n) is 12.7. The molecule has 0 aromatic heterocycles. The highest BCUT2D eigenvalue weighted by atomic mass is 16.3. The number of allylic oxidation sites excluding steroid dienone is 2. The van der Waals surface area contributed by atoms with Crippen LogP contribution in [0.1, 0.15) is 72.6 Å². The average molecular weight is 415 g/mol. The second-order valence-electron chi connectivity index (χ2n) is 13.1. The van der Waals surface area contributed by atoms with Gasteiger partial charge in [0.15, 0.2) is 0 Å². The molecule has 2 N–H and O–H groups in total. The molecule has 170 valence electrons. The van der Waals surface area contributed by atoms with Gasteiger partial charge in [-0.2, -0.15) is 0 Å². The molecule has 4 saturated carbocycles. The summed E-state index contributed by atoms with van der Waals surface area (Å²) < 4.78 is 0. The van der Waals surface area contributed by atoms with Crippen LogP contribution >= 0.6 is 0 Å². The van der Waals surface area contributed by atoms with Gasteiger partial charge in [0.2, 0.25) is 0 Å². The summed E-state index contributed by atoms with van der Waals surface area (Å²) in [5.74, 6) is 2.06. The molecule has 2 spiro atoms. The SMILES string of the molecule is CNC1CCC23CC24CCC2(C)C(C(C)N(C)C)CCC2(C)C4C=CC3C1(C)CO. The van der Waals surface area contributed by atoms with Gasteiger partial charge >= 0.3 is 0 Å². The van der Waals surface area contributed by atoms with Gasteiger partial charge in [0.25, 0.3) is 0 Å². The lowest BCUT2D eigenvalue weighted by Gasteiger charge is -2.62. The van der Waals surface area contributed by atoms with E-state index in [4.69, 9.17) is 0 Å². The standard InChI is InChI=1S/C27H46N2O/c1-18(29(6)7)19-10-12-25(4)21-9-8-20-23(2,17-30)22(28-5)11-13-26(20)16-27(21,26)15-14-24(19,25)3/h8-9,18-22,28,30H,10-17H2,1-7H3. The predicted molar refractivity (Wildman–Crippen MR) is 124 cm³/mol. The van der Waals surface area contributed by atoms with Crippen LogP contribution in [-0.2, 0) is 0 Å². The maximum Gasteiger partial charge on any atom is 0.0505 e. The summed E-state index contributed by atoms with van der Waals surface area (Å²) >= 11 is 0. The van der Waals surface area contributed by atoms with E-state index in [0.29, 0.717) is 46.3 Å². The third-order valence-electron chi connectivity index (χ3n) is 12.5. The zero-order valence-corrected chi connectivity index (χ0v) is 20.6. The molecule has 10 unspecified atom stereocenters. The highest BCUT2D eigenvalue weighted by molar-refractivity contribution is 5.37. The first-order valence-corrected chi connectivity index (χ1v) is 12.7. The molecule has 4 fully saturated rings. The number of fused-ring (bicyclic) bond motifs is 2. The minimum atomic E-state index is -0.0305. The number of nitrogens with one attached hydrogen (secondary N) is 1. The van der Waals surface area contributed by atoms with E-state index in [2.05, 4.69) is 71.2 Å². The van der Waals surface area contributed by atoms with Gasteiger partial charge in [-0.3, -0.25) is 0 Å². The van der Waals surface area contributed by atoms with Crippen LogP contribution in [0.3, 0.4) is 0 Å². The first-order chi connectivity index (χ1) is 14.1. The van der Waals surface area contributed by atoms with E-state index in [0.717, 1.165) is 11.8 Å². The van der Waals surface area contributed by atoms with Crippen molar-refractivity contribution in [3.8, 4) is 0 Å². The van der Waals surface area contributed by atoms with E-state index < -0.39 is 0 Å². The van der Waals surface area contributed by atoms with Crippen LogP contribution in [-0.4, -0.2) is 49.8 Å². The molecule has 3 heteroatoms. The maximum atomic E-state index is 10.5. The highest BCUT2D eigenvalue weighted by Gasteiger charge is 2.81. The van der Waals surface area contributed by atoms with Crippen molar-refractivity contribution >= 4 is 0 Å². The molecule has 5 rings (SSSR count). The molecule has 10 atom stereocenters. The van der Waals surface area contributed by atoms with Crippen LogP contribution in [0, 0.1) is 44.8 Å². The van der Waals surface area contributed by atoms with Gasteiger partial charge in [-0.15, -0.1) is 0 Å². The Morgan fingerprint density at radius 2 is 1.63 bits per heavy atom. The van der Waals surface area contributed by atoms with Crippen molar-refractivity contribution in [2.45, 2.75) is 84.7 Å². The molecule has 0 heterocycles. The van der Waals surface area contributed by atoms with Gasteiger partial charge in [0, 0.05) is 17.5 Å². The molecule has 30 heavy (non-hydrogen) atoms. The van der Waals surface area contributed by atoms with Crippen molar-refractivity contribution < 1.29 is 5.11 Å². The highest BCUT2D eigenvalue weighted by Crippen LogP contribution is 2.87. The number of aliphatic hydroxyl groups excluding tert-OH is 1. The Hall–Kier alpha value is -0.380. The Bertz CT molecular complexity index is 749. The lowest BCUT2D eigenvalue weighted by Crippen LogP contribution is -2.59. The summed E-state index contributed by atoms with van der Waals surface area (Å²) in [5, 5.41) is 14.1. The zero-order valence-electron chi connectivity index (χ0n) is 20.6. The minimum Gasteiger partial charge on any atom is -0.396 e. The van der Waals surface area contributed by atoms with Gasteiger partial charge in [0.05, 0.1) is 6.61 Å². The maximum absolute atomic E-state index is 10.5. The van der Waals surface area contributed by atoms with Gasteiger partial charge in [0.1, 0.15) is 0 Å². The van der Waals surface area contributed by atoms with E-state index in [1.807, 2.05) is 0 Å². The molecular weight excluding hydrogens is 368 g/mol. The molecule has 0 amide bonds. The number of aliphatic hydroxyl groups is 1. The summed E-state index contributed by atoms with van der Waals surface area (Å²) in [5.41, 5.74) is 1.78. The molecule has 0 saturated heterocycles. The lowest BCUT2D eigenvalue weighted by molar-refractivity contribution is -0.110. The van der Waals surface area contributed by atoms with Crippen LogP contribution in [0.2, 0.25) is 0 Å². The van der Waals surface area contributed by atoms with E-state index in [1.165, 1.54) is 44.9 Å². The van der Waals surface area contributed by atoms with Crippen molar-refractivity contribution in [3.05, 3.63) is 12.2 Å². The second kappa shape index (κ2) is 6.35. The number of hydrogen-bond acceptors (Lipinski definition) is 3. The second-order valence-corrected chi connectivity index (χ2v) is 13.1. The number of hydrogen-bond donors (Lipinski definition) is 2. The van der Waals surface area contributed by atoms with Crippen molar-refractivity contribution in [3.63, 3.8) is 0 Å². The lowest BCUT2D eigenvalue weighted by atomic mass is 9.43. The summed E-state index contributed by atoms with van der Waals surface area (Å²) in [4.78, 5) is 2.46. The zero-order chi connectivity index (χ0) is 21.7. The topological polar surface area (TPSA) is 35.5 Å². The first kappa shape index (κ1) is 21.5. The van der Waals surface area contributed by atoms with E-state index >= 15 is 0 Å². The Balaban J connectivity index is 1.54. The fraction of sp³-hybridized carbons (Fsp3) is 0.926.